The summed E-state index contributed by atoms with van der Waals surface area (Å²) in [7, 11) is 0. The highest BCUT2D eigenvalue weighted by molar-refractivity contribution is 6.34. The van der Waals surface area contributed by atoms with E-state index in [-0.39, 0.29) is 35.6 Å². The van der Waals surface area contributed by atoms with Crippen LogP contribution in [0.25, 0.3) is 0 Å². The molecule has 1 aromatic heterocycles. The molecule has 34 heavy (non-hydrogen) atoms. The molecule has 2 aliphatic rings. The van der Waals surface area contributed by atoms with E-state index in [0.717, 1.165) is 6.92 Å². The number of carbonyl (C=O) groups excluding carboxylic acids is 1. The lowest BCUT2D eigenvalue weighted by Crippen LogP contribution is -2.62. The smallest absolute Gasteiger partial charge is 0.272 e. The summed E-state index contributed by atoms with van der Waals surface area (Å²) in [6.07, 6.45) is 2.97. The number of amides is 1. The van der Waals surface area contributed by atoms with Crippen LogP contribution < -0.4 is 10.6 Å². The minimum absolute atomic E-state index is 0.0395. The van der Waals surface area contributed by atoms with Gasteiger partial charge in [0.2, 0.25) is 5.91 Å². The molecule has 0 unspecified atom stereocenters. The second-order valence-electron chi connectivity index (χ2n) is 9.13. The molecule has 0 aliphatic carbocycles. The lowest BCUT2D eigenvalue weighted by Gasteiger charge is -2.45. The molecule has 182 valence electrons. The first kappa shape index (κ1) is 24.3. The van der Waals surface area contributed by atoms with Gasteiger partial charge < -0.3 is 15.4 Å². The Morgan fingerprint density at radius 3 is 2.71 bits per heavy atom. The van der Waals surface area contributed by atoms with Crippen molar-refractivity contribution in [2.24, 2.45) is 0 Å². The molecule has 2 fully saturated rings. The second-order valence-corrected chi connectivity index (χ2v) is 9.51. The fourth-order valence-electron chi connectivity index (χ4n) is 4.63. The Labute approximate surface area is 202 Å². The molecule has 0 spiro atoms. The molecule has 1 aromatic carbocycles. The maximum atomic E-state index is 13.9. The minimum Gasteiger partial charge on any atom is -0.381 e. The molecule has 2 aromatic rings. The summed E-state index contributed by atoms with van der Waals surface area (Å²) in [4.78, 5) is 18.7. The Kier molecular flexibility index (Phi) is 6.52. The first-order chi connectivity index (χ1) is 16.0. The number of nitrogens with one attached hydrogen (secondary N) is 3. The number of pyridine rings is 1. The number of alkyl halides is 2. The van der Waals surface area contributed by atoms with Gasteiger partial charge in [-0.3, -0.25) is 20.1 Å². The SMILES string of the molecule is Cc1ncc(Nc2cccc([C@]3(C)CC(=O)N(C4CCOCC4)C(=N)N3)c2Cl)cc1C(C)(F)F. The molecule has 0 radical (unpaired) electrons. The Hall–Kier alpha value is -2.78. The fraction of sp³-hybridized carbons (Fsp3) is 0.458. The summed E-state index contributed by atoms with van der Waals surface area (Å²) in [5.74, 6) is -3.14. The molecule has 1 amide bonds. The number of hydrogen-bond donors (Lipinski definition) is 3. The standard InChI is InChI=1S/C24H28ClF2N5O2/c1-14-18(24(3,26)27)11-15(13-29-14)30-19-6-4-5-17(21(19)25)23(2)12-20(33)32(22(28)31-23)16-7-9-34-10-8-16/h4-6,11,13,16,30H,7-10,12H2,1-3H3,(H2,28,31)/t23-/m0/s1. The first-order valence-corrected chi connectivity index (χ1v) is 11.5. The Morgan fingerprint density at radius 1 is 1.35 bits per heavy atom. The molecule has 4 rings (SSSR count). The van der Waals surface area contributed by atoms with E-state index in [2.05, 4.69) is 15.6 Å². The van der Waals surface area contributed by atoms with Crippen LogP contribution in [0.4, 0.5) is 20.2 Å². The van der Waals surface area contributed by atoms with Gasteiger partial charge in [-0.05, 0) is 44.4 Å². The highest BCUT2D eigenvalue weighted by Gasteiger charge is 2.43. The minimum atomic E-state index is -3.03. The van der Waals surface area contributed by atoms with Gasteiger partial charge in [0, 0.05) is 37.4 Å². The number of aryl methyl sites for hydroxylation is 1. The predicted octanol–water partition coefficient (Wildman–Crippen LogP) is 5.05. The zero-order valence-electron chi connectivity index (χ0n) is 19.3. The number of guanidine groups is 1. The molecule has 0 saturated carbocycles. The van der Waals surface area contributed by atoms with Crippen LogP contribution in [0.15, 0.2) is 30.5 Å². The topological polar surface area (TPSA) is 90.3 Å². The summed E-state index contributed by atoms with van der Waals surface area (Å²) in [5, 5.41) is 15.1. The van der Waals surface area contributed by atoms with Gasteiger partial charge in [0.15, 0.2) is 5.96 Å². The third-order valence-corrected chi connectivity index (χ3v) is 6.80. The van der Waals surface area contributed by atoms with Crippen LogP contribution in [0.1, 0.15) is 49.9 Å². The summed E-state index contributed by atoms with van der Waals surface area (Å²) in [5.41, 5.74) is 0.671. The van der Waals surface area contributed by atoms with Crippen molar-refractivity contribution in [2.45, 2.75) is 57.5 Å². The number of carbonyl (C=O) groups is 1. The normalized spacial score (nSPS) is 22.0. The van der Waals surface area contributed by atoms with Crippen molar-refractivity contribution in [1.82, 2.24) is 15.2 Å². The largest absolute Gasteiger partial charge is 0.381 e. The van der Waals surface area contributed by atoms with Crippen LogP contribution >= 0.6 is 11.6 Å². The zero-order valence-corrected chi connectivity index (χ0v) is 20.1. The number of hydrogen-bond acceptors (Lipinski definition) is 5. The van der Waals surface area contributed by atoms with Gasteiger partial charge in [-0.2, -0.15) is 0 Å². The van der Waals surface area contributed by atoms with Gasteiger partial charge in [-0.25, -0.2) is 8.78 Å². The maximum absolute atomic E-state index is 13.9. The van der Waals surface area contributed by atoms with E-state index in [1.807, 2.05) is 6.92 Å². The monoisotopic (exact) mass is 491 g/mol. The molecule has 2 saturated heterocycles. The molecule has 0 bridgehead atoms. The third kappa shape index (κ3) is 4.72. The molecular formula is C24H28ClF2N5O2. The number of rotatable bonds is 5. The van der Waals surface area contributed by atoms with Gasteiger partial charge in [0.1, 0.15) is 0 Å². The lowest BCUT2D eigenvalue weighted by atomic mass is 9.85. The highest BCUT2D eigenvalue weighted by Crippen LogP contribution is 2.39. The van der Waals surface area contributed by atoms with Gasteiger partial charge in [0.05, 0.1) is 34.6 Å². The zero-order chi connectivity index (χ0) is 24.7. The third-order valence-electron chi connectivity index (χ3n) is 6.40. The van der Waals surface area contributed by atoms with Crippen molar-refractivity contribution in [3.8, 4) is 0 Å². The highest BCUT2D eigenvalue weighted by atomic mass is 35.5. The van der Waals surface area contributed by atoms with Crippen molar-refractivity contribution < 1.29 is 18.3 Å². The van der Waals surface area contributed by atoms with Crippen molar-refractivity contribution in [3.63, 3.8) is 0 Å². The van der Waals surface area contributed by atoms with Crippen molar-refractivity contribution in [3.05, 3.63) is 52.3 Å². The van der Waals surface area contributed by atoms with Crippen LogP contribution in [0, 0.1) is 12.3 Å². The number of ether oxygens (including phenoxy) is 1. The van der Waals surface area contributed by atoms with Crippen molar-refractivity contribution >= 4 is 34.8 Å². The van der Waals surface area contributed by atoms with E-state index in [1.54, 1.807) is 18.2 Å². The number of benzene rings is 1. The Balaban J connectivity index is 1.60. The average molecular weight is 492 g/mol. The molecule has 2 aliphatic heterocycles. The maximum Gasteiger partial charge on any atom is 0.272 e. The number of aromatic nitrogens is 1. The molecule has 1 atom stereocenters. The molecule has 3 N–H and O–H groups in total. The number of nitrogens with zero attached hydrogens (tertiary/aromatic N) is 2. The van der Waals surface area contributed by atoms with Crippen LogP contribution in [0.2, 0.25) is 5.02 Å². The first-order valence-electron chi connectivity index (χ1n) is 11.2. The van der Waals surface area contributed by atoms with E-state index in [4.69, 9.17) is 21.7 Å². The van der Waals surface area contributed by atoms with Crippen LogP contribution in [-0.2, 0) is 21.0 Å². The van der Waals surface area contributed by atoms with Crippen LogP contribution in [0.3, 0.4) is 0 Å². The van der Waals surface area contributed by atoms with Gasteiger partial charge in [0.25, 0.3) is 5.92 Å². The lowest BCUT2D eigenvalue weighted by molar-refractivity contribution is -0.133. The number of halogens is 3. The van der Waals surface area contributed by atoms with E-state index in [9.17, 15) is 13.6 Å². The molecular weight excluding hydrogens is 464 g/mol. The van der Waals surface area contributed by atoms with Crippen molar-refractivity contribution in [2.75, 3.05) is 18.5 Å². The Bertz CT molecular complexity index is 1100. The summed E-state index contributed by atoms with van der Waals surface area (Å²) in [6.45, 7) is 5.33. The van der Waals surface area contributed by atoms with Gasteiger partial charge in [-0.1, -0.05) is 23.7 Å². The molecule has 7 nitrogen and oxygen atoms in total. The summed E-state index contributed by atoms with van der Waals surface area (Å²) in [6, 6.07) is 6.59. The van der Waals surface area contributed by atoms with Gasteiger partial charge in [-0.15, -0.1) is 0 Å². The summed E-state index contributed by atoms with van der Waals surface area (Å²) < 4.78 is 33.3. The van der Waals surface area contributed by atoms with Gasteiger partial charge >= 0.3 is 0 Å². The average Bonchev–Trinajstić information content (AvgIpc) is 2.75. The summed E-state index contributed by atoms with van der Waals surface area (Å²) >= 11 is 6.74. The van der Waals surface area contributed by atoms with Crippen molar-refractivity contribution in [1.29, 1.82) is 5.41 Å². The van der Waals surface area contributed by atoms with E-state index in [1.165, 1.54) is 24.1 Å². The molecule has 3 heterocycles. The number of anilines is 2. The van der Waals surface area contributed by atoms with Crippen LogP contribution in [-0.4, -0.2) is 41.0 Å². The Morgan fingerprint density at radius 2 is 2.06 bits per heavy atom. The predicted molar refractivity (Wildman–Crippen MR) is 127 cm³/mol. The second kappa shape index (κ2) is 9.11. The molecule has 10 heteroatoms. The van der Waals surface area contributed by atoms with E-state index in [0.29, 0.717) is 48.0 Å². The van der Waals surface area contributed by atoms with Crippen LogP contribution in [0.5, 0.6) is 0 Å². The fourth-order valence-corrected chi connectivity index (χ4v) is 5.01. The quantitative estimate of drug-likeness (QED) is 0.544. The van der Waals surface area contributed by atoms with E-state index >= 15 is 0 Å². The van der Waals surface area contributed by atoms with E-state index < -0.39 is 11.5 Å².